The van der Waals surface area contributed by atoms with Crippen LogP contribution < -0.4 is 0 Å². The lowest BCUT2D eigenvalue weighted by Gasteiger charge is -2.31. The van der Waals surface area contributed by atoms with Crippen molar-refractivity contribution in [3.05, 3.63) is 54.1 Å². The molecular formula is C20H20N2O3S. The van der Waals surface area contributed by atoms with Gasteiger partial charge in [-0.1, -0.05) is 36.4 Å². The van der Waals surface area contributed by atoms with Crippen molar-refractivity contribution in [1.82, 2.24) is 9.88 Å². The molecule has 0 spiro atoms. The molecule has 0 bridgehead atoms. The highest BCUT2D eigenvalue weighted by Crippen LogP contribution is 2.28. The molecule has 0 saturated carbocycles. The number of likely N-dealkylation sites (tertiary alicyclic amines) is 1. The number of carbonyl (C=O) groups is 1. The first-order valence-corrected chi connectivity index (χ1v) is 10.7. The molecule has 0 radical (unpaired) electrons. The normalized spacial score (nSPS) is 16.3. The first kappa shape index (κ1) is 17.0. The van der Waals surface area contributed by atoms with Crippen molar-refractivity contribution < 1.29 is 13.2 Å². The molecule has 5 nitrogen and oxygen atoms in total. The predicted molar refractivity (Wildman–Crippen MR) is 103 cm³/mol. The maximum Gasteiger partial charge on any atom is 0.255 e. The summed E-state index contributed by atoms with van der Waals surface area (Å²) in [5, 5.41) is 1.32. The Morgan fingerprint density at radius 3 is 1.96 bits per heavy atom. The molecule has 1 aromatic heterocycles. The highest BCUT2D eigenvalue weighted by Gasteiger charge is 2.30. The van der Waals surface area contributed by atoms with E-state index in [0.29, 0.717) is 31.5 Å². The molecule has 134 valence electrons. The third kappa shape index (κ3) is 2.94. The van der Waals surface area contributed by atoms with Gasteiger partial charge < -0.3 is 4.90 Å². The smallest absolute Gasteiger partial charge is 0.255 e. The summed E-state index contributed by atoms with van der Waals surface area (Å²) in [7, 11) is -3.06. The Morgan fingerprint density at radius 2 is 1.46 bits per heavy atom. The molecule has 1 amide bonds. The van der Waals surface area contributed by atoms with Crippen LogP contribution in [0.1, 0.15) is 23.2 Å². The zero-order chi connectivity index (χ0) is 18.3. The monoisotopic (exact) mass is 368 g/mol. The number of nitrogens with zero attached hydrogens (tertiary/aromatic N) is 2. The molecule has 2 aromatic carbocycles. The third-order valence-electron chi connectivity index (χ3n) is 5.14. The van der Waals surface area contributed by atoms with E-state index in [1.54, 1.807) is 4.90 Å². The molecule has 6 heteroatoms. The number of fused-ring (bicyclic) bond motifs is 2. The van der Waals surface area contributed by atoms with Crippen LogP contribution in [-0.4, -0.2) is 48.8 Å². The Balaban J connectivity index is 1.77. The standard InChI is InChI=1S/C20H20N2O3S/c1-26(24,25)14-10-12-22(13-11-14)20(23)19-15-6-2-4-8-17(15)21-18-9-5-3-7-16(18)19/h2-9,14H,10-13H2,1H3. The van der Waals surface area contributed by atoms with Crippen molar-refractivity contribution >= 4 is 37.6 Å². The van der Waals surface area contributed by atoms with Gasteiger partial charge >= 0.3 is 0 Å². The average Bonchev–Trinajstić information content (AvgIpc) is 2.65. The molecule has 0 aliphatic carbocycles. The van der Waals surface area contributed by atoms with Crippen LogP contribution in [0.3, 0.4) is 0 Å². The largest absolute Gasteiger partial charge is 0.339 e. The van der Waals surface area contributed by atoms with Crippen molar-refractivity contribution in [3.63, 3.8) is 0 Å². The number of hydrogen-bond donors (Lipinski definition) is 0. The number of carbonyl (C=O) groups excluding carboxylic acids is 1. The van der Waals surface area contributed by atoms with Gasteiger partial charge in [-0.15, -0.1) is 0 Å². The van der Waals surface area contributed by atoms with Gasteiger partial charge in [0.15, 0.2) is 0 Å². The quantitative estimate of drug-likeness (QED) is 0.652. The molecule has 1 saturated heterocycles. The minimum absolute atomic E-state index is 0.0493. The number of rotatable bonds is 2. The number of sulfone groups is 1. The minimum atomic E-state index is -3.06. The number of benzene rings is 2. The van der Waals surface area contributed by atoms with Gasteiger partial charge in [0, 0.05) is 30.1 Å². The van der Waals surface area contributed by atoms with Crippen molar-refractivity contribution in [2.75, 3.05) is 19.3 Å². The second-order valence-electron chi connectivity index (χ2n) is 6.84. The molecule has 0 atom stereocenters. The Labute approximate surface area is 152 Å². The second kappa shape index (κ2) is 6.36. The molecule has 1 aliphatic heterocycles. The Kier molecular flexibility index (Phi) is 4.15. The Morgan fingerprint density at radius 1 is 0.962 bits per heavy atom. The average molecular weight is 368 g/mol. The van der Waals surface area contributed by atoms with E-state index in [2.05, 4.69) is 4.98 Å². The fourth-order valence-electron chi connectivity index (χ4n) is 3.72. The number of hydrogen-bond acceptors (Lipinski definition) is 4. The zero-order valence-electron chi connectivity index (χ0n) is 14.6. The number of para-hydroxylation sites is 2. The topological polar surface area (TPSA) is 67.3 Å². The number of pyridine rings is 1. The lowest BCUT2D eigenvalue weighted by atomic mass is 10.00. The van der Waals surface area contributed by atoms with Crippen LogP contribution in [0.4, 0.5) is 0 Å². The van der Waals surface area contributed by atoms with E-state index >= 15 is 0 Å². The Hall–Kier alpha value is -2.47. The maximum atomic E-state index is 13.3. The highest BCUT2D eigenvalue weighted by atomic mass is 32.2. The first-order chi connectivity index (χ1) is 12.4. The minimum Gasteiger partial charge on any atom is -0.339 e. The third-order valence-corrected chi connectivity index (χ3v) is 6.82. The van der Waals surface area contributed by atoms with E-state index in [1.165, 1.54) is 6.26 Å². The maximum absolute atomic E-state index is 13.3. The molecule has 4 rings (SSSR count). The van der Waals surface area contributed by atoms with E-state index in [0.717, 1.165) is 21.8 Å². The van der Waals surface area contributed by atoms with Crippen LogP contribution in [0.15, 0.2) is 48.5 Å². The van der Waals surface area contributed by atoms with Crippen LogP contribution in [-0.2, 0) is 9.84 Å². The summed E-state index contributed by atoms with van der Waals surface area (Å²) in [6.07, 6.45) is 2.26. The highest BCUT2D eigenvalue weighted by molar-refractivity contribution is 7.91. The van der Waals surface area contributed by atoms with Gasteiger partial charge in [0.05, 0.1) is 21.8 Å². The number of aromatic nitrogens is 1. The summed E-state index contributed by atoms with van der Waals surface area (Å²) in [5.41, 5.74) is 2.24. The van der Waals surface area contributed by atoms with E-state index in [9.17, 15) is 13.2 Å². The summed E-state index contributed by atoms with van der Waals surface area (Å²) >= 11 is 0. The van der Waals surface area contributed by atoms with Crippen LogP contribution >= 0.6 is 0 Å². The van der Waals surface area contributed by atoms with Crippen molar-refractivity contribution in [2.45, 2.75) is 18.1 Å². The molecule has 26 heavy (non-hydrogen) atoms. The van der Waals surface area contributed by atoms with Gasteiger partial charge in [0.1, 0.15) is 9.84 Å². The van der Waals surface area contributed by atoms with Crippen LogP contribution in [0.25, 0.3) is 21.8 Å². The van der Waals surface area contributed by atoms with Gasteiger partial charge in [0.2, 0.25) is 0 Å². The first-order valence-electron chi connectivity index (χ1n) is 8.71. The lowest BCUT2D eigenvalue weighted by molar-refractivity contribution is 0.0729. The van der Waals surface area contributed by atoms with E-state index < -0.39 is 9.84 Å². The molecule has 3 aromatic rings. The zero-order valence-corrected chi connectivity index (χ0v) is 15.4. The summed E-state index contributed by atoms with van der Waals surface area (Å²) in [4.78, 5) is 19.8. The molecule has 2 heterocycles. The molecule has 0 N–H and O–H groups in total. The molecule has 0 unspecified atom stereocenters. The number of piperidine rings is 1. The summed E-state index contributed by atoms with van der Waals surface area (Å²) in [6, 6.07) is 15.3. The Bertz CT molecular complexity index is 1050. The van der Waals surface area contributed by atoms with Crippen LogP contribution in [0, 0.1) is 0 Å². The predicted octanol–water partition coefficient (Wildman–Crippen LogP) is 3.04. The SMILES string of the molecule is CS(=O)(=O)C1CCN(C(=O)c2c3ccccc3nc3ccccc23)CC1. The van der Waals surface area contributed by atoms with E-state index in [-0.39, 0.29) is 11.2 Å². The van der Waals surface area contributed by atoms with Crippen LogP contribution in [0.5, 0.6) is 0 Å². The van der Waals surface area contributed by atoms with E-state index in [4.69, 9.17) is 0 Å². The molecular weight excluding hydrogens is 348 g/mol. The lowest BCUT2D eigenvalue weighted by Crippen LogP contribution is -2.42. The van der Waals surface area contributed by atoms with Crippen molar-refractivity contribution in [2.24, 2.45) is 0 Å². The molecule has 1 aliphatic rings. The van der Waals surface area contributed by atoms with Crippen molar-refractivity contribution in [3.8, 4) is 0 Å². The fraction of sp³-hybridized carbons (Fsp3) is 0.300. The summed E-state index contributed by atoms with van der Waals surface area (Å²) < 4.78 is 23.5. The summed E-state index contributed by atoms with van der Waals surface area (Å²) in [5.74, 6) is -0.0493. The van der Waals surface area contributed by atoms with Gasteiger partial charge in [-0.25, -0.2) is 13.4 Å². The number of amides is 1. The van der Waals surface area contributed by atoms with E-state index in [1.807, 2.05) is 48.5 Å². The van der Waals surface area contributed by atoms with Gasteiger partial charge in [-0.2, -0.15) is 0 Å². The van der Waals surface area contributed by atoms with Crippen LogP contribution in [0.2, 0.25) is 0 Å². The van der Waals surface area contributed by atoms with Gasteiger partial charge in [-0.3, -0.25) is 4.79 Å². The van der Waals surface area contributed by atoms with Gasteiger partial charge in [-0.05, 0) is 25.0 Å². The van der Waals surface area contributed by atoms with Crippen molar-refractivity contribution in [1.29, 1.82) is 0 Å². The fourth-order valence-corrected chi connectivity index (χ4v) is 4.78. The second-order valence-corrected chi connectivity index (χ2v) is 9.17. The summed E-state index contributed by atoms with van der Waals surface area (Å²) in [6.45, 7) is 0.920. The van der Waals surface area contributed by atoms with Gasteiger partial charge in [0.25, 0.3) is 5.91 Å². The molecule has 1 fully saturated rings.